The summed E-state index contributed by atoms with van der Waals surface area (Å²) in [6.07, 6.45) is 24.9. The van der Waals surface area contributed by atoms with Gasteiger partial charge >= 0.3 is 5.97 Å². The van der Waals surface area contributed by atoms with Crippen molar-refractivity contribution in [2.75, 3.05) is 0 Å². The van der Waals surface area contributed by atoms with Crippen molar-refractivity contribution in [1.82, 2.24) is 0 Å². The summed E-state index contributed by atoms with van der Waals surface area (Å²) < 4.78 is 4.16. The Hall–Kier alpha value is -0.440. The molecule has 0 N–H and O–H groups in total. The highest BCUT2D eigenvalue weighted by atomic mass is 32.1. The molecule has 0 rings (SSSR count). The molecule has 0 bridgehead atoms. The molecule has 0 aromatic rings. The van der Waals surface area contributed by atoms with Crippen LogP contribution < -0.4 is 0 Å². The van der Waals surface area contributed by atoms with Crippen molar-refractivity contribution >= 4 is 18.9 Å². The van der Waals surface area contributed by atoms with Gasteiger partial charge in [-0.25, -0.2) is 4.79 Å². The van der Waals surface area contributed by atoms with Gasteiger partial charge in [-0.15, -0.1) is 0 Å². The molecule has 0 amide bonds. The summed E-state index contributed by atoms with van der Waals surface area (Å²) in [4.78, 5) is 10.6. The first-order valence-electron chi connectivity index (χ1n) is 10.7. The Labute approximate surface area is 163 Å². The summed E-state index contributed by atoms with van der Waals surface area (Å²) >= 11 is 3.39. The van der Waals surface area contributed by atoms with E-state index in [-0.39, 0.29) is 0 Å². The van der Waals surface area contributed by atoms with Gasteiger partial charge < -0.3 is 4.18 Å². The van der Waals surface area contributed by atoms with E-state index >= 15 is 0 Å². The van der Waals surface area contributed by atoms with Gasteiger partial charge in [-0.2, -0.15) is 0 Å². The zero-order valence-electron chi connectivity index (χ0n) is 17.2. The molecule has 25 heavy (non-hydrogen) atoms. The van der Waals surface area contributed by atoms with Crippen molar-refractivity contribution in [2.45, 2.75) is 124 Å². The van der Waals surface area contributed by atoms with Crippen LogP contribution in [0.5, 0.6) is 0 Å². The predicted molar refractivity (Wildman–Crippen MR) is 115 cm³/mol. The average Bonchev–Trinajstić information content (AvgIpc) is 2.63. The third-order valence-electron chi connectivity index (χ3n) is 4.28. The van der Waals surface area contributed by atoms with E-state index in [9.17, 15) is 4.79 Å². The average molecular weight is 373 g/mol. The first-order valence-corrected chi connectivity index (χ1v) is 11.1. The smallest absolute Gasteiger partial charge is 0.342 e. The molecule has 0 saturated heterocycles. The molecular weight excluding hydrogens is 328 g/mol. The zero-order valence-corrected chi connectivity index (χ0v) is 18.1. The number of carbonyl (C=O) groups is 1. The van der Waals surface area contributed by atoms with Crippen molar-refractivity contribution in [2.24, 2.45) is 0 Å². The van der Waals surface area contributed by atoms with Crippen molar-refractivity contribution in [1.29, 1.82) is 0 Å². The maximum absolute atomic E-state index is 10.6. The molecule has 0 aliphatic rings. The van der Waals surface area contributed by atoms with E-state index < -0.39 is 5.97 Å². The molecule has 0 aromatic carbocycles. The molecule has 2 nitrogen and oxygen atoms in total. The number of unbranched alkanes of at least 4 members (excludes halogenated alkanes) is 14. The summed E-state index contributed by atoms with van der Waals surface area (Å²) in [5, 5.41) is 0. The molecule has 0 radical (unpaired) electrons. The van der Waals surface area contributed by atoms with Crippen LogP contribution in [0.1, 0.15) is 124 Å². The van der Waals surface area contributed by atoms with Crippen LogP contribution in [0.4, 0.5) is 0 Å². The Balaban J connectivity index is 0. The van der Waals surface area contributed by atoms with Crippen molar-refractivity contribution in [3.8, 4) is 0 Å². The molecule has 3 heteroatoms. The fourth-order valence-corrected chi connectivity index (χ4v) is 2.70. The summed E-state index contributed by atoms with van der Waals surface area (Å²) in [7, 11) is 0. The third-order valence-corrected chi connectivity index (χ3v) is 4.46. The molecule has 150 valence electrons. The lowest BCUT2D eigenvalue weighted by Gasteiger charge is -1.99. The molecule has 0 fully saturated rings. The van der Waals surface area contributed by atoms with Crippen LogP contribution in [0.25, 0.3) is 0 Å². The number of hydrogen-bond donors (Lipinski definition) is 1. The van der Waals surface area contributed by atoms with Gasteiger partial charge in [0.25, 0.3) is 0 Å². The molecule has 0 saturated carbocycles. The van der Waals surface area contributed by atoms with Gasteiger partial charge in [0.05, 0.1) is 0 Å². The molecule has 0 aliphatic carbocycles. The van der Waals surface area contributed by atoms with E-state index in [4.69, 9.17) is 0 Å². The van der Waals surface area contributed by atoms with Crippen LogP contribution >= 0.6 is 12.9 Å². The molecule has 0 aromatic heterocycles. The molecule has 0 heterocycles. The number of carbonyl (C=O) groups excluding carboxylic acids is 1. The second-order valence-electron chi connectivity index (χ2n) is 6.84. The van der Waals surface area contributed by atoms with Crippen LogP contribution in [0, 0.1) is 0 Å². The van der Waals surface area contributed by atoms with E-state index in [1.54, 1.807) is 0 Å². The lowest BCUT2D eigenvalue weighted by atomic mass is 10.1. The fraction of sp³-hybridized carbons (Fsp3) is 0.864. The standard InChI is InChI=1S/C12H26.C10H18O2S/c1-3-5-7-9-11-12-10-8-6-4-2;1-2-3-4-5-6-7-8-9-10(11)12-13/h3-12H2,1-2H3;8-9,13H,2-7H2,1H3. The van der Waals surface area contributed by atoms with Crippen LogP contribution in [0.2, 0.25) is 0 Å². The molecular formula is C22H44O2S. The first-order chi connectivity index (χ1) is 12.2. The number of rotatable bonds is 16. The highest BCUT2D eigenvalue weighted by Crippen LogP contribution is 2.10. The second-order valence-corrected chi connectivity index (χ2v) is 7.03. The lowest BCUT2D eigenvalue weighted by Crippen LogP contribution is -1.88. The van der Waals surface area contributed by atoms with E-state index in [0.717, 1.165) is 12.8 Å². The molecule has 0 unspecified atom stereocenters. The Morgan fingerprint density at radius 1 is 0.680 bits per heavy atom. The highest BCUT2D eigenvalue weighted by molar-refractivity contribution is 7.75. The SMILES string of the molecule is CCCCCCCC=CC(=O)OS.CCCCCCCCCCCC. The minimum atomic E-state index is -0.392. The normalized spacial score (nSPS) is 10.6. The van der Waals surface area contributed by atoms with E-state index in [1.165, 1.54) is 96.0 Å². The Bertz CT molecular complexity index is 267. The van der Waals surface area contributed by atoms with Crippen LogP contribution in [0.3, 0.4) is 0 Å². The van der Waals surface area contributed by atoms with Crippen molar-refractivity contribution in [3.63, 3.8) is 0 Å². The number of thiol groups is 1. The quantitative estimate of drug-likeness (QED) is 0.128. The van der Waals surface area contributed by atoms with Crippen molar-refractivity contribution < 1.29 is 8.98 Å². The lowest BCUT2D eigenvalue weighted by molar-refractivity contribution is -0.127. The van der Waals surface area contributed by atoms with E-state index in [1.807, 2.05) is 6.08 Å². The van der Waals surface area contributed by atoms with Gasteiger partial charge in [-0.3, -0.25) is 0 Å². The Morgan fingerprint density at radius 2 is 1.04 bits per heavy atom. The van der Waals surface area contributed by atoms with Crippen molar-refractivity contribution in [3.05, 3.63) is 12.2 Å². The van der Waals surface area contributed by atoms with Crippen LogP contribution in [-0.2, 0) is 8.98 Å². The van der Waals surface area contributed by atoms with E-state index in [2.05, 4.69) is 37.9 Å². The van der Waals surface area contributed by atoms with Gasteiger partial charge in [-0.1, -0.05) is 117 Å². The summed E-state index contributed by atoms with van der Waals surface area (Å²) in [6.45, 7) is 6.76. The topological polar surface area (TPSA) is 26.3 Å². The van der Waals surface area contributed by atoms with Gasteiger partial charge in [0.15, 0.2) is 0 Å². The largest absolute Gasteiger partial charge is 0.391 e. The van der Waals surface area contributed by atoms with E-state index in [0.29, 0.717) is 0 Å². The maximum atomic E-state index is 10.6. The minimum absolute atomic E-state index is 0.392. The Kier molecular flexibility index (Phi) is 27.6. The molecule has 0 aliphatic heterocycles. The van der Waals surface area contributed by atoms with Gasteiger partial charge in [0.1, 0.15) is 0 Å². The zero-order chi connectivity index (χ0) is 19.0. The third kappa shape index (κ3) is 28.6. The molecule has 0 atom stereocenters. The summed E-state index contributed by atoms with van der Waals surface area (Å²) in [6, 6.07) is 0. The molecule has 0 spiro atoms. The maximum Gasteiger partial charge on any atom is 0.342 e. The summed E-state index contributed by atoms with van der Waals surface area (Å²) in [5.74, 6) is -0.392. The predicted octanol–water partition coefficient (Wildman–Crippen LogP) is 8.22. The van der Waals surface area contributed by atoms with Crippen LogP contribution in [0.15, 0.2) is 12.2 Å². The highest BCUT2D eigenvalue weighted by Gasteiger charge is 1.91. The monoisotopic (exact) mass is 372 g/mol. The van der Waals surface area contributed by atoms with Gasteiger partial charge in [0.2, 0.25) is 0 Å². The fourth-order valence-electron chi connectivity index (χ4n) is 2.64. The van der Waals surface area contributed by atoms with Crippen LogP contribution in [-0.4, -0.2) is 5.97 Å². The minimum Gasteiger partial charge on any atom is -0.391 e. The summed E-state index contributed by atoms with van der Waals surface area (Å²) in [5.41, 5.74) is 0. The van der Waals surface area contributed by atoms with Gasteiger partial charge in [0, 0.05) is 19.0 Å². The number of allylic oxidation sites excluding steroid dienone is 1. The van der Waals surface area contributed by atoms with Gasteiger partial charge in [-0.05, 0) is 12.8 Å². The number of hydrogen-bond acceptors (Lipinski definition) is 3. The Morgan fingerprint density at radius 3 is 1.40 bits per heavy atom. The second kappa shape index (κ2) is 25.8. The first kappa shape index (κ1) is 26.8.